The average Bonchev–Trinajstić information content (AvgIpc) is 2.41. The first-order valence-corrected chi connectivity index (χ1v) is 6.63. The number of nitrogens with zero attached hydrogens (tertiary/aromatic N) is 1. The Kier molecular flexibility index (Phi) is 3.90. The van der Waals surface area contributed by atoms with Gasteiger partial charge in [0.05, 0.1) is 12.0 Å². The molecule has 1 aromatic rings. The fourth-order valence-corrected chi connectivity index (χ4v) is 2.41. The molecule has 0 bridgehead atoms. The molecule has 0 amide bonds. The normalized spacial score (nSPS) is 18.4. The minimum Gasteiger partial charge on any atom is -0.466 e. The number of carbonyl (C=O) groups excluding carboxylic acids is 1. The summed E-state index contributed by atoms with van der Waals surface area (Å²) in [5.41, 5.74) is 0.935. The van der Waals surface area contributed by atoms with Crippen LogP contribution in [0.15, 0.2) is 30.3 Å². The fraction of sp³-hybridized carbons (Fsp3) is 0.533. The summed E-state index contributed by atoms with van der Waals surface area (Å²) in [5.74, 6) is -0.0438. The second-order valence-electron chi connectivity index (χ2n) is 5.10. The van der Waals surface area contributed by atoms with Gasteiger partial charge in [-0.2, -0.15) is 0 Å². The molecule has 3 nitrogen and oxygen atoms in total. The number of hydrogen-bond acceptors (Lipinski definition) is 3. The van der Waals surface area contributed by atoms with Gasteiger partial charge in [-0.3, -0.25) is 4.79 Å². The number of benzene rings is 1. The standard InChI is InChI=1S/C15H21NO2/c1-3-18-14(17)15(2)9-11-16(12-10-15)13-7-5-4-6-8-13/h4-8H,3,9-12H2,1-2H3. The molecule has 3 heteroatoms. The number of esters is 1. The van der Waals surface area contributed by atoms with Crippen LogP contribution in [0.25, 0.3) is 0 Å². The van der Waals surface area contributed by atoms with Crippen molar-refractivity contribution in [2.24, 2.45) is 5.41 Å². The Morgan fingerprint density at radius 3 is 2.44 bits per heavy atom. The van der Waals surface area contributed by atoms with E-state index in [1.165, 1.54) is 5.69 Å². The van der Waals surface area contributed by atoms with Crippen LogP contribution in [0, 0.1) is 5.41 Å². The lowest BCUT2D eigenvalue weighted by atomic mass is 9.80. The van der Waals surface area contributed by atoms with Gasteiger partial charge in [0.1, 0.15) is 0 Å². The molecule has 1 saturated heterocycles. The highest BCUT2D eigenvalue weighted by atomic mass is 16.5. The lowest BCUT2D eigenvalue weighted by molar-refractivity contribution is -0.155. The van der Waals surface area contributed by atoms with Crippen LogP contribution in [0.5, 0.6) is 0 Å². The summed E-state index contributed by atoms with van der Waals surface area (Å²) in [6.07, 6.45) is 1.72. The number of carbonyl (C=O) groups is 1. The van der Waals surface area contributed by atoms with Crippen molar-refractivity contribution in [2.75, 3.05) is 24.6 Å². The summed E-state index contributed by atoms with van der Waals surface area (Å²) >= 11 is 0. The summed E-state index contributed by atoms with van der Waals surface area (Å²) in [4.78, 5) is 14.3. The van der Waals surface area contributed by atoms with Crippen LogP contribution in [0.1, 0.15) is 26.7 Å². The Morgan fingerprint density at radius 2 is 1.89 bits per heavy atom. The number of anilines is 1. The molecule has 0 unspecified atom stereocenters. The van der Waals surface area contributed by atoms with Crippen molar-refractivity contribution in [1.82, 2.24) is 0 Å². The van der Waals surface area contributed by atoms with Gasteiger partial charge in [0, 0.05) is 18.8 Å². The van der Waals surface area contributed by atoms with Crippen molar-refractivity contribution in [3.8, 4) is 0 Å². The van der Waals surface area contributed by atoms with Crippen molar-refractivity contribution < 1.29 is 9.53 Å². The topological polar surface area (TPSA) is 29.5 Å². The van der Waals surface area contributed by atoms with Gasteiger partial charge < -0.3 is 9.64 Å². The van der Waals surface area contributed by atoms with Crippen molar-refractivity contribution in [3.05, 3.63) is 30.3 Å². The summed E-state index contributed by atoms with van der Waals surface area (Å²) in [7, 11) is 0. The monoisotopic (exact) mass is 247 g/mol. The minimum atomic E-state index is -0.304. The van der Waals surface area contributed by atoms with Gasteiger partial charge in [-0.15, -0.1) is 0 Å². The van der Waals surface area contributed by atoms with Gasteiger partial charge >= 0.3 is 5.97 Å². The molecule has 98 valence electrons. The van der Waals surface area contributed by atoms with Gasteiger partial charge in [0.2, 0.25) is 0 Å². The van der Waals surface area contributed by atoms with E-state index < -0.39 is 0 Å². The third-order valence-corrected chi connectivity index (χ3v) is 3.76. The maximum absolute atomic E-state index is 11.9. The van der Waals surface area contributed by atoms with Crippen LogP contribution >= 0.6 is 0 Å². The molecule has 0 N–H and O–H groups in total. The third kappa shape index (κ3) is 2.66. The Hall–Kier alpha value is -1.51. The van der Waals surface area contributed by atoms with Gasteiger partial charge in [-0.1, -0.05) is 18.2 Å². The molecule has 1 aliphatic rings. The number of hydrogen-bond donors (Lipinski definition) is 0. The average molecular weight is 247 g/mol. The Bertz CT molecular complexity index is 394. The molecule has 0 aliphatic carbocycles. The van der Waals surface area contributed by atoms with Crippen LogP contribution < -0.4 is 4.90 Å². The molecule has 1 aromatic carbocycles. The number of rotatable bonds is 3. The molecule has 0 aromatic heterocycles. The maximum Gasteiger partial charge on any atom is 0.311 e. The Balaban J connectivity index is 1.97. The predicted octanol–water partition coefficient (Wildman–Crippen LogP) is 2.86. The molecule has 0 saturated carbocycles. The first kappa shape index (κ1) is 12.9. The first-order chi connectivity index (χ1) is 8.65. The van der Waals surface area contributed by atoms with E-state index in [9.17, 15) is 4.79 Å². The second-order valence-corrected chi connectivity index (χ2v) is 5.10. The van der Waals surface area contributed by atoms with Gasteiger partial charge in [0.25, 0.3) is 0 Å². The van der Waals surface area contributed by atoms with Crippen LogP contribution in [-0.2, 0) is 9.53 Å². The van der Waals surface area contributed by atoms with E-state index in [0.717, 1.165) is 25.9 Å². The quantitative estimate of drug-likeness (QED) is 0.769. The molecular weight excluding hydrogens is 226 g/mol. The molecule has 1 heterocycles. The van der Waals surface area contributed by atoms with E-state index in [-0.39, 0.29) is 11.4 Å². The van der Waals surface area contributed by atoms with E-state index in [1.54, 1.807) is 0 Å². The molecule has 1 fully saturated rings. The zero-order chi connectivity index (χ0) is 13.0. The second kappa shape index (κ2) is 5.42. The van der Waals surface area contributed by atoms with E-state index >= 15 is 0 Å². The maximum atomic E-state index is 11.9. The zero-order valence-electron chi connectivity index (χ0n) is 11.2. The van der Waals surface area contributed by atoms with Crippen LogP contribution in [0.4, 0.5) is 5.69 Å². The SMILES string of the molecule is CCOC(=O)C1(C)CCN(c2ccccc2)CC1. The van der Waals surface area contributed by atoms with Crippen LogP contribution in [0.2, 0.25) is 0 Å². The van der Waals surface area contributed by atoms with E-state index in [4.69, 9.17) is 4.74 Å². The number of ether oxygens (including phenoxy) is 1. The van der Waals surface area contributed by atoms with Crippen LogP contribution in [-0.4, -0.2) is 25.7 Å². The van der Waals surface area contributed by atoms with E-state index in [0.29, 0.717) is 6.61 Å². The van der Waals surface area contributed by atoms with Gasteiger partial charge in [0.15, 0.2) is 0 Å². The third-order valence-electron chi connectivity index (χ3n) is 3.76. The van der Waals surface area contributed by atoms with Crippen molar-refractivity contribution in [3.63, 3.8) is 0 Å². The largest absolute Gasteiger partial charge is 0.466 e. The van der Waals surface area contributed by atoms with E-state index in [1.807, 2.05) is 19.9 Å². The molecule has 18 heavy (non-hydrogen) atoms. The van der Waals surface area contributed by atoms with Gasteiger partial charge in [-0.05, 0) is 38.8 Å². The predicted molar refractivity (Wildman–Crippen MR) is 72.6 cm³/mol. The molecule has 0 atom stereocenters. The molecule has 2 rings (SSSR count). The minimum absolute atomic E-state index is 0.0438. The van der Waals surface area contributed by atoms with E-state index in [2.05, 4.69) is 29.2 Å². The first-order valence-electron chi connectivity index (χ1n) is 6.63. The summed E-state index contributed by atoms with van der Waals surface area (Å²) in [6, 6.07) is 10.4. The Labute approximate surface area is 109 Å². The summed E-state index contributed by atoms with van der Waals surface area (Å²) < 4.78 is 5.17. The number of para-hydroxylation sites is 1. The van der Waals surface area contributed by atoms with Crippen molar-refractivity contribution in [2.45, 2.75) is 26.7 Å². The van der Waals surface area contributed by atoms with Crippen molar-refractivity contribution >= 4 is 11.7 Å². The smallest absolute Gasteiger partial charge is 0.311 e. The highest BCUT2D eigenvalue weighted by molar-refractivity contribution is 5.76. The lowest BCUT2D eigenvalue weighted by Gasteiger charge is -2.38. The fourth-order valence-electron chi connectivity index (χ4n) is 2.41. The summed E-state index contributed by atoms with van der Waals surface area (Å²) in [6.45, 7) is 6.18. The lowest BCUT2D eigenvalue weighted by Crippen LogP contribution is -2.43. The highest BCUT2D eigenvalue weighted by Crippen LogP contribution is 2.34. The van der Waals surface area contributed by atoms with Gasteiger partial charge in [-0.25, -0.2) is 0 Å². The zero-order valence-corrected chi connectivity index (χ0v) is 11.2. The molecular formula is C15H21NO2. The highest BCUT2D eigenvalue weighted by Gasteiger charge is 2.38. The number of piperidine rings is 1. The van der Waals surface area contributed by atoms with Crippen molar-refractivity contribution in [1.29, 1.82) is 0 Å². The summed E-state index contributed by atoms with van der Waals surface area (Å²) in [5, 5.41) is 0. The van der Waals surface area contributed by atoms with Crippen LogP contribution in [0.3, 0.4) is 0 Å². The molecule has 1 aliphatic heterocycles. The molecule has 0 radical (unpaired) electrons. The molecule has 0 spiro atoms. The Morgan fingerprint density at radius 1 is 1.28 bits per heavy atom.